The summed E-state index contributed by atoms with van der Waals surface area (Å²) < 4.78 is 11.7. The van der Waals surface area contributed by atoms with Gasteiger partial charge in [0.05, 0.1) is 0 Å². The fourth-order valence-corrected chi connectivity index (χ4v) is 3.38. The number of rotatable bonds is 6. The predicted octanol–water partition coefficient (Wildman–Crippen LogP) is 6.86. The summed E-state index contributed by atoms with van der Waals surface area (Å²) >= 11 is 6.32. The van der Waals surface area contributed by atoms with Crippen LogP contribution < -0.4 is 9.05 Å². The first-order chi connectivity index (χ1) is 10.5. The fourth-order valence-electron chi connectivity index (χ4n) is 2.25. The van der Waals surface area contributed by atoms with E-state index in [1.807, 2.05) is 36.4 Å². The van der Waals surface area contributed by atoms with Crippen molar-refractivity contribution in [3.63, 3.8) is 0 Å². The van der Waals surface area contributed by atoms with Gasteiger partial charge in [-0.15, -0.1) is 0 Å². The van der Waals surface area contributed by atoms with Crippen molar-refractivity contribution in [2.24, 2.45) is 0 Å². The maximum Gasteiger partial charge on any atom is 0.401 e. The predicted molar refractivity (Wildman–Crippen MR) is 95.1 cm³/mol. The number of halogens is 1. The van der Waals surface area contributed by atoms with Gasteiger partial charge >= 0.3 is 7.73 Å². The molecule has 0 spiro atoms. The van der Waals surface area contributed by atoms with Gasteiger partial charge < -0.3 is 9.05 Å². The van der Waals surface area contributed by atoms with Gasteiger partial charge in [-0.1, -0.05) is 64.1 Å². The molecule has 22 heavy (non-hydrogen) atoms. The van der Waals surface area contributed by atoms with Gasteiger partial charge in [-0.05, 0) is 46.3 Å². The highest BCUT2D eigenvalue weighted by molar-refractivity contribution is 7.76. The van der Waals surface area contributed by atoms with Gasteiger partial charge in [-0.3, -0.25) is 0 Å². The summed E-state index contributed by atoms with van der Waals surface area (Å²) in [6, 6.07) is 15.9. The van der Waals surface area contributed by atoms with Crippen LogP contribution >= 0.6 is 19.0 Å². The lowest BCUT2D eigenvalue weighted by molar-refractivity contribution is 0.497. The second-order valence-electron chi connectivity index (χ2n) is 5.78. The van der Waals surface area contributed by atoms with Crippen LogP contribution in [0.15, 0.2) is 48.5 Å². The third-order valence-corrected chi connectivity index (χ3v) is 4.52. The standard InChI is InChI=1S/C18H22ClO2P/c1-13(2)15-9-5-7-11-17(15)20-22(19)21-18-12-8-6-10-16(18)14(3)4/h5-14H,1-4H3. The molecular formula is C18H22ClO2P. The van der Waals surface area contributed by atoms with E-state index in [2.05, 4.69) is 39.8 Å². The molecule has 0 bridgehead atoms. The third-order valence-electron chi connectivity index (χ3n) is 3.42. The topological polar surface area (TPSA) is 18.5 Å². The Labute approximate surface area is 139 Å². The van der Waals surface area contributed by atoms with E-state index in [1.165, 1.54) is 0 Å². The zero-order valence-electron chi connectivity index (χ0n) is 13.4. The van der Waals surface area contributed by atoms with Crippen LogP contribution in [-0.2, 0) is 0 Å². The normalized spacial score (nSPS) is 11.3. The Morgan fingerprint density at radius 1 is 0.727 bits per heavy atom. The highest BCUT2D eigenvalue weighted by Crippen LogP contribution is 2.47. The fraction of sp³-hybridized carbons (Fsp3) is 0.333. The quantitative estimate of drug-likeness (QED) is 0.536. The Balaban J connectivity index is 2.13. The van der Waals surface area contributed by atoms with Crippen molar-refractivity contribution in [3.8, 4) is 11.5 Å². The molecule has 0 saturated carbocycles. The monoisotopic (exact) mass is 336 g/mol. The van der Waals surface area contributed by atoms with E-state index < -0.39 is 7.73 Å². The summed E-state index contributed by atoms with van der Waals surface area (Å²) in [5.74, 6) is 2.33. The molecule has 0 aliphatic carbocycles. The van der Waals surface area contributed by atoms with E-state index in [-0.39, 0.29) is 0 Å². The number of para-hydroxylation sites is 2. The smallest absolute Gasteiger partial charge is 0.401 e. The zero-order valence-corrected chi connectivity index (χ0v) is 15.1. The van der Waals surface area contributed by atoms with Gasteiger partial charge in [0.25, 0.3) is 0 Å². The van der Waals surface area contributed by atoms with Crippen molar-refractivity contribution in [2.45, 2.75) is 39.5 Å². The van der Waals surface area contributed by atoms with Crippen LogP contribution in [0.5, 0.6) is 11.5 Å². The summed E-state index contributed by atoms with van der Waals surface area (Å²) in [6.45, 7) is 8.53. The molecule has 0 heterocycles. The van der Waals surface area contributed by atoms with E-state index in [0.29, 0.717) is 11.8 Å². The molecule has 0 aromatic heterocycles. The Morgan fingerprint density at radius 3 is 1.45 bits per heavy atom. The maximum absolute atomic E-state index is 6.32. The van der Waals surface area contributed by atoms with Crippen molar-refractivity contribution in [3.05, 3.63) is 59.7 Å². The van der Waals surface area contributed by atoms with Crippen LogP contribution in [0.1, 0.15) is 50.7 Å². The van der Waals surface area contributed by atoms with Gasteiger partial charge in [0.1, 0.15) is 11.5 Å². The largest absolute Gasteiger partial charge is 0.427 e. The Morgan fingerprint density at radius 2 is 1.09 bits per heavy atom. The molecule has 2 nitrogen and oxygen atoms in total. The molecule has 0 N–H and O–H groups in total. The van der Waals surface area contributed by atoms with Gasteiger partial charge in [-0.2, -0.15) is 0 Å². The van der Waals surface area contributed by atoms with Gasteiger partial charge in [0.15, 0.2) is 0 Å². The minimum Gasteiger partial charge on any atom is -0.427 e. The number of benzene rings is 2. The van der Waals surface area contributed by atoms with Crippen molar-refractivity contribution >= 4 is 19.0 Å². The second kappa shape index (κ2) is 7.85. The molecule has 0 fully saturated rings. The summed E-state index contributed by atoms with van der Waals surface area (Å²) in [6.07, 6.45) is 0. The average Bonchev–Trinajstić information content (AvgIpc) is 2.47. The summed E-state index contributed by atoms with van der Waals surface area (Å²) in [7, 11) is -1.54. The van der Waals surface area contributed by atoms with E-state index in [0.717, 1.165) is 22.6 Å². The molecule has 0 aliphatic heterocycles. The van der Waals surface area contributed by atoms with E-state index in [9.17, 15) is 0 Å². The van der Waals surface area contributed by atoms with Crippen molar-refractivity contribution in [1.29, 1.82) is 0 Å². The Hall–Kier alpha value is -1.24. The summed E-state index contributed by atoms with van der Waals surface area (Å²) in [5.41, 5.74) is 2.27. The molecule has 0 aliphatic rings. The lowest BCUT2D eigenvalue weighted by Crippen LogP contribution is -1.98. The molecule has 118 valence electrons. The zero-order chi connectivity index (χ0) is 16.1. The molecule has 0 saturated heterocycles. The molecule has 0 amide bonds. The third kappa shape index (κ3) is 4.38. The highest BCUT2D eigenvalue weighted by atomic mass is 35.7. The lowest BCUT2D eigenvalue weighted by Gasteiger charge is -2.18. The van der Waals surface area contributed by atoms with Crippen LogP contribution in [0.4, 0.5) is 0 Å². The SMILES string of the molecule is CC(C)c1ccccc1OP(Cl)Oc1ccccc1C(C)C. The number of hydrogen-bond donors (Lipinski definition) is 0. The van der Waals surface area contributed by atoms with Gasteiger partial charge in [0, 0.05) is 0 Å². The van der Waals surface area contributed by atoms with Crippen molar-refractivity contribution < 1.29 is 9.05 Å². The molecule has 0 unspecified atom stereocenters. The highest BCUT2D eigenvalue weighted by Gasteiger charge is 2.17. The maximum atomic E-state index is 6.32. The number of hydrogen-bond acceptors (Lipinski definition) is 2. The van der Waals surface area contributed by atoms with Gasteiger partial charge in [0.2, 0.25) is 0 Å². The summed E-state index contributed by atoms with van der Waals surface area (Å²) in [4.78, 5) is 0. The van der Waals surface area contributed by atoms with E-state index in [4.69, 9.17) is 20.3 Å². The Bertz CT molecular complexity index is 560. The van der Waals surface area contributed by atoms with Crippen LogP contribution in [-0.4, -0.2) is 0 Å². The molecule has 4 heteroatoms. The molecule has 2 rings (SSSR count). The molecule has 0 atom stereocenters. The molecular weight excluding hydrogens is 315 g/mol. The van der Waals surface area contributed by atoms with Crippen molar-refractivity contribution in [2.75, 3.05) is 0 Å². The molecule has 2 aromatic rings. The first-order valence-corrected chi connectivity index (χ1v) is 9.57. The van der Waals surface area contributed by atoms with Crippen LogP contribution in [0.2, 0.25) is 0 Å². The van der Waals surface area contributed by atoms with Gasteiger partial charge in [-0.25, -0.2) is 0 Å². The summed E-state index contributed by atoms with van der Waals surface area (Å²) in [5, 5.41) is 0. The first-order valence-electron chi connectivity index (χ1n) is 7.48. The molecule has 0 radical (unpaired) electrons. The first kappa shape index (κ1) is 17.1. The molecule has 2 aromatic carbocycles. The van der Waals surface area contributed by atoms with E-state index >= 15 is 0 Å². The Kier molecular flexibility index (Phi) is 6.11. The minimum atomic E-state index is -1.54. The van der Waals surface area contributed by atoms with Crippen LogP contribution in [0.25, 0.3) is 0 Å². The lowest BCUT2D eigenvalue weighted by atomic mass is 10.0. The second-order valence-corrected chi connectivity index (χ2v) is 7.40. The van der Waals surface area contributed by atoms with Crippen LogP contribution in [0.3, 0.4) is 0 Å². The van der Waals surface area contributed by atoms with Crippen molar-refractivity contribution in [1.82, 2.24) is 0 Å². The van der Waals surface area contributed by atoms with Crippen LogP contribution in [0, 0.1) is 0 Å². The average molecular weight is 337 g/mol. The minimum absolute atomic E-state index is 0.374. The van der Waals surface area contributed by atoms with E-state index in [1.54, 1.807) is 0 Å².